The quantitative estimate of drug-likeness (QED) is 0.608. The van der Waals surface area contributed by atoms with Gasteiger partial charge in [-0.25, -0.2) is 0 Å². The largest absolute Gasteiger partial charge is 0.367 e. The van der Waals surface area contributed by atoms with E-state index in [1.54, 1.807) is 0 Å². The number of carbonyl (C=O) groups is 1. The van der Waals surface area contributed by atoms with E-state index >= 15 is 0 Å². The number of amides is 1. The molecule has 11 heavy (non-hydrogen) atoms. The Kier molecular flexibility index (Phi) is 1.92. The molecule has 1 fully saturated rings. The molecule has 3 heteroatoms. The van der Waals surface area contributed by atoms with Crippen molar-refractivity contribution in [3.05, 3.63) is 0 Å². The molecule has 3 nitrogen and oxygen atoms in total. The number of primary amides is 1. The van der Waals surface area contributed by atoms with Gasteiger partial charge >= 0.3 is 0 Å². The average molecular weight is 157 g/mol. The topological polar surface area (TPSA) is 52.3 Å². The van der Waals surface area contributed by atoms with Gasteiger partial charge in [0.2, 0.25) is 5.91 Å². The first kappa shape index (κ1) is 8.53. The van der Waals surface area contributed by atoms with Gasteiger partial charge in [0.1, 0.15) is 6.10 Å². The Hall–Kier alpha value is -0.570. The highest BCUT2D eigenvalue weighted by atomic mass is 16.5. The lowest BCUT2D eigenvalue weighted by Gasteiger charge is -2.22. The molecule has 0 radical (unpaired) electrons. The highest BCUT2D eigenvalue weighted by Gasteiger charge is 2.40. The molecular formula is C8H15NO2. The second-order valence-corrected chi connectivity index (χ2v) is 3.75. The van der Waals surface area contributed by atoms with E-state index in [0.717, 1.165) is 6.42 Å². The summed E-state index contributed by atoms with van der Waals surface area (Å²) < 4.78 is 5.45. The average Bonchev–Trinajstić information content (AvgIpc) is 2.08. The maximum absolute atomic E-state index is 10.7. The van der Waals surface area contributed by atoms with Crippen molar-refractivity contribution in [2.45, 2.75) is 38.9 Å². The zero-order chi connectivity index (χ0) is 8.65. The summed E-state index contributed by atoms with van der Waals surface area (Å²) in [5.41, 5.74) is 4.92. The zero-order valence-electron chi connectivity index (χ0n) is 7.26. The van der Waals surface area contributed by atoms with E-state index in [-0.39, 0.29) is 17.6 Å². The van der Waals surface area contributed by atoms with Crippen molar-refractivity contribution in [2.24, 2.45) is 11.7 Å². The van der Waals surface area contributed by atoms with Crippen molar-refractivity contribution in [1.82, 2.24) is 0 Å². The SMILES string of the molecule is CC1CC(C(N)=O)OC1(C)C. The monoisotopic (exact) mass is 157 g/mol. The van der Waals surface area contributed by atoms with Crippen molar-refractivity contribution < 1.29 is 9.53 Å². The Bertz CT molecular complexity index is 177. The summed E-state index contributed by atoms with van der Waals surface area (Å²) >= 11 is 0. The predicted octanol–water partition coefficient (Wildman–Crippen LogP) is 0.675. The fourth-order valence-corrected chi connectivity index (χ4v) is 1.31. The summed E-state index contributed by atoms with van der Waals surface area (Å²) in [7, 11) is 0. The summed E-state index contributed by atoms with van der Waals surface area (Å²) in [5, 5.41) is 0. The Morgan fingerprint density at radius 3 is 2.36 bits per heavy atom. The molecule has 1 aliphatic rings. The van der Waals surface area contributed by atoms with Crippen LogP contribution in [0.4, 0.5) is 0 Å². The number of ether oxygens (including phenoxy) is 1. The van der Waals surface area contributed by atoms with Gasteiger partial charge in [-0.2, -0.15) is 0 Å². The van der Waals surface area contributed by atoms with Crippen LogP contribution in [0.15, 0.2) is 0 Å². The highest BCUT2D eigenvalue weighted by molar-refractivity contribution is 5.79. The lowest BCUT2D eigenvalue weighted by molar-refractivity contribution is -0.132. The molecule has 1 aliphatic heterocycles. The lowest BCUT2D eigenvalue weighted by Crippen LogP contribution is -2.31. The molecule has 2 atom stereocenters. The lowest BCUT2D eigenvalue weighted by atomic mass is 9.92. The molecule has 0 bridgehead atoms. The first-order valence-electron chi connectivity index (χ1n) is 3.90. The minimum absolute atomic E-state index is 0.195. The molecule has 0 aliphatic carbocycles. The minimum Gasteiger partial charge on any atom is -0.367 e. The van der Waals surface area contributed by atoms with Crippen LogP contribution in [-0.2, 0) is 9.53 Å². The molecule has 2 unspecified atom stereocenters. The molecule has 0 saturated carbocycles. The highest BCUT2D eigenvalue weighted by Crippen LogP contribution is 2.34. The Labute approximate surface area is 66.9 Å². The van der Waals surface area contributed by atoms with Gasteiger partial charge in [0.05, 0.1) is 5.60 Å². The summed E-state index contributed by atoms with van der Waals surface area (Å²) in [4.78, 5) is 10.7. The molecule has 64 valence electrons. The fraction of sp³-hybridized carbons (Fsp3) is 0.875. The van der Waals surface area contributed by atoms with E-state index in [9.17, 15) is 4.79 Å². The summed E-state index contributed by atoms with van der Waals surface area (Å²) in [6.07, 6.45) is 0.377. The van der Waals surface area contributed by atoms with Crippen LogP contribution in [0.1, 0.15) is 27.2 Å². The molecule has 1 rings (SSSR count). The minimum atomic E-state index is -0.375. The number of rotatable bonds is 1. The smallest absolute Gasteiger partial charge is 0.246 e. The summed E-state index contributed by atoms with van der Waals surface area (Å²) in [6.45, 7) is 6.05. The molecule has 0 aromatic heterocycles. The van der Waals surface area contributed by atoms with Gasteiger partial charge in [0.25, 0.3) is 0 Å². The number of nitrogens with two attached hydrogens (primary N) is 1. The van der Waals surface area contributed by atoms with E-state index in [0.29, 0.717) is 5.92 Å². The van der Waals surface area contributed by atoms with Crippen LogP contribution in [0, 0.1) is 5.92 Å². The third kappa shape index (κ3) is 1.53. The molecule has 1 saturated heterocycles. The predicted molar refractivity (Wildman–Crippen MR) is 41.9 cm³/mol. The second-order valence-electron chi connectivity index (χ2n) is 3.75. The molecule has 0 spiro atoms. The van der Waals surface area contributed by atoms with Gasteiger partial charge in [-0.05, 0) is 26.2 Å². The summed E-state index contributed by atoms with van der Waals surface area (Å²) in [5.74, 6) is 0.0578. The van der Waals surface area contributed by atoms with Gasteiger partial charge in [0.15, 0.2) is 0 Å². The fourth-order valence-electron chi connectivity index (χ4n) is 1.31. The first-order chi connectivity index (χ1) is 4.93. The normalized spacial score (nSPS) is 35.5. The molecular weight excluding hydrogens is 142 g/mol. The molecule has 0 aromatic rings. The maximum Gasteiger partial charge on any atom is 0.246 e. The van der Waals surface area contributed by atoms with E-state index < -0.39 is 0 Å². The van der Waals surface area contributed by atoms with Crippen LogP contribution in [0.5, 0.6) is 0 Å². The van der Waals surface area contributed by atoms with Gasteiger partial charge < -0.3 is 10.5 Å². The molecule has 1 amide bonds. The van der Waals surface area contributed by atoms with E-state index in [4.69, 9.17) is 10.5 Å². The van der Waals surface area contributed by atoms with Crippen LogP contribution >= 0.6 is 0 Å². The van der Waals surface area contributed by atoms with Crippen molar-refractivity contribution in [3.8, 4) is 0 Å². The number of carbonyl (C=O) groups excluding carboxylic acids is 1. The van der Waals surface area contributed by atoms with Gasteiger partial charge in [0, 0.05) is 0 Å². The van der Waals surface area contributed by atoms with Crippen LogP contribution in [0.2, 0.25) is 0 Å². The van der Waals surface area contributed by atoms with Crippen LogP contribution in [0.3, 0.4) is 0 Å². The Balaban J connectivity index is 2.64. The third-order valence-corrected chi connectivity index (χ3v) is 2.52. The Morgan fingerprint density at radius 1 is 1.64 bits per heavy atom. The van der Waals surface area contributed by atoms with Gasteiger partial charge in [-0.3, -0.25) is 4.79 Å². The van der Waals surface area contributed by atoms with Gasteiger partial charge in [-0.1, -0.05) is 6.92 Å². The van der Waals surface area contributed by atoms with Crippen molar-refractivity contribution >= 4 is 5.91 Å². The van der Waals surface area contributed by atoms with E-state index in [1.807, 2.05) is 13.8 Å². The van der Waals surface area contributed by atoms with Crippen molar-refractivity contribution in [1.29, 1.82) is 0 Å². The molecule has 0 aromatic carbocycles. The number of hydrogen-bond acceptors (Lipinski definition) is 2. The summed E-state index contributed by atoms with van der Waals surface area (Å²) in [6, 6.07) is 0. The zero-order valence-corrected chi connectivity index (χ0v) is 7.26. The van der Waals surface area contributed by atoms with Crippen LogP contribution < -0.4 is 5.73 Å². The Morgan fingerprint density at radius 2 is 2.18 bits per heavy atom. The van der Waals surface area contributed by atoms with Crippen LogP contribution in [-0.4, -0.2) is 17.6 Å². The molecule has 2 N–H and O–H groups in total. The van der Waals surface area contributed by atoms with E-state index in [1.165, 1.54) is 0 Å². The number of hydrogen-bond donors (Lipinski definition) is 1. The third-order valence-electron chi connectivity index (χ3n) is 2.52. The second kappa shape index (κ2) is 2.48. The van der Waals surface area contributed by atoms with E-state index in [2.05, 4.69) is 6.92 Å². The van der Waals surface area contributed by atoms with Gasteiger partial charge in [-0.15, -0.1) is 0 Å². The van der Waals surface area contributed by atoms with Crippen molar-refractivity contribution in [2.75, 3.05) is 0 Å². The van der Waals surface area contributed by atoms with Crippen molar-refractivity contribution in [3.63, 3.8) is 0 Å². The maximum atomic E-state index is 10.7. The standard InChI is InChI=1S/C8H15NO2/c1-5-4-6(7(9)10)11-8(5,2)3/h5-6H,4H2,1-3H3,(H2,9,10). The van der Waals surface area contributed by atoms with Crippen LogP contribution in [0.25, 0.3) is 0 Å². The first-order valence-corrected chi connectivity index (χ1v) is 3.90. The molecule has 1 heterocycles.